The number of anilines is 1. The third-order valence-electron chi connectivity index (χ3n) is 3.50. The number of rotatable bonds is 8. The second-order valence-electron chi connectivity index (χ2n) is 5.56. The summed E-state index contributed by atoms with van der Waals surface area (Å²) in [5.74, 6) is 0.464. The van der Waals surface area contributed by atoms with Crippen molar-refractivity contribution in [1.29, 1.82) is 0 Å². The van der Waals surface area contributed by atoms with Gasteiger partial charge in [0, 0.05) is 25.7 Å². The molecule has 0 radical (unpaired) electrons. The van der Waals surface area contributed by atoms with Gasteiger partial charge in [-0.05, 0) is 18.9 Å². The molecule has 1 N–H and O–H groups in total. The lowest BCUT2D eigenvalue weighted by Crippen LogP contribution is -2.41. The summed E-state index contributed by atoms with van der Waals surface area (Å²) in [7, 11) is 1.99. The number of nitrogens with zero attached hydrogens (tertiary/aromatic N) is 3. The first kappa shape index (κ1) is 16.7. The molecule has 0 bridgehead atoms. The lowest BCUT2D eigenvalue weighted by molar-refractivity contribution is 0.342. The van der Waals surface area contributed by atoms with E-state index in [-0.39, 0.29) is 11.6 Å². The van der Waals surface area contributed by atoms with E-state index in [0.29, 0.717) is 12.5 Å². The van der Waals surface area contributed by atoms with Gasteiger partial charge in [-0.2, -0.15) is 5.10 Å². The van der Waals surface area contributed by atoms with Crippen LogP contribution in [0, 0.1) is 5.92 Å². The summed E-state index contributed by atoms with van der Waals surface area (Å²) in [4.78, 5) is 14.2. The number of hydrogen-bond donors (Lipinski definition) is 1. The number of aromatic nitrogens is 2. The van der Waals surface area contributed by atoms with Crippen LogP contribution in [0.2, 0.25) is 0 Å². The van der Waals surface area contributed by atoms with Crippen molar-refractivity contribution in [3.05, 3.63) is 22.6 Å². The molecule has 20 heavy (non-hydrogen) atoms. The standard InChI is InChI=1S/C15H28N4O/c1-6-8-18(5)13-9-15(20)19(17-10-13)11-14(12(3)4)16-7-2/h9-10,12,14,16H,6-8,11H2,1-5H3. The van der Waals surface area contributed by atoms with Crippen LogP contribution in [0.4, 0.5) is 5.69 Å². The van der Waals surface area contributed by atoms with E-state index in [0.717, 1.165) is 25.2 Å². The zero-order chi connectivity index (χ0) is 15.1. The normalized spacial score (nSPS) is 12.7. The van der Waals surface area contributed by atoms with Crippen LogP contribution in [0.1, 0.15) is 34.1 Å². The largest absolute Gasteiger partial charge is 0.373 e. The maximum atomic E-state index is 12.2. The minimum Gasteiger partial charge on any atom is -0.373 e. The Kier molecular flexibility index (Phi) is 6.71. The van der Waals surface area contributed by atoms with Crippen molar-refractivity contribution >= 4 is 5.69 Å². The van der Waals surface area contributed by atoms with Gasteiger partial charge in [0.15, 0.2) is 0 Å². The summed E-state index contributed by atoms with van der Waals surface area (Å²) in [6.07, 6.45) is 2.83. The topological polar surface area (TPSA) is 50.2 Å². The molecule has 114 valence electrons. The van der Waals surface area contributed by atoms with Crippen LogP contribution < -0.4 is 15.8 Å². The van der Waals surface area contributed by atoms with Gasteiger partial charge in [0.05, 0.1) is 18.4 Å². The van der Waals surface area contributed by atoms with Crippen molar-refractivity contribution in [2.45, 2.75) is 46.7 Å². The Balaban J connectivity index is 2.84. The molecule has 0 amide bonds. The first-order chi connectivity index (χ1) is 9.49. The minimum absolute atomic E-state index is 0.0333. The van der Waals surface area contributed by atoms with Crippen molar-refractivity contribution in [3.63, 3.8) is 0 Å². The third-order valence-corrected chi connectivity index (χ3v) is 3.50. The summed E-state index contributed by atoms with van der Waals surface area (Å²) >= 11 is 0. The van der Waals surface area contributed by atoms with Crippen molar-refractivity contribution in [2.24, 2.45) is 5.92 Å². The second kappa shape index (κ2) is 8.04. The summed E-state index contributed by atoms with van der Waals surface area (Å²) < 4.78 is 1.55. The molecule has 0 spiro atoms. The molecule has 1 aromatic heterocycles. The summed E-state index contributed by atoms with van der Waals surface area (Å²) in [6, 6.07) is 1.94. The van der Waals surface area contributed by atoms with Gasteiger partial charge < -0.3 is 10.2 Å². The molecule has 1 heterocycles. The van der Waals surface area contributed by atoms with Gasteiger partial charge >= 0.3 is 0 Å². The highest BCUT2D eigenvalue weighted by molar-refractivity contribution is 5.41. The van der Waals surface area contributed by atoms with Crippen LogP contribution in [-0.2, 0) is 6.54 Å². The van der Waals surface area contributed by atoms with Gasteiger partial charge in [-0.3, -0.25) is 4.79 Å². The minimum atomic E-state index is -0.0333. The van der Waals surface area contributed by atoms with Gasteiger partial charge in [-0.15, -0.1) is 0 Å². The molecule has 0 aromatic carbocycles. The van der Waals surface area contributed by atoms with Crippen LogP contribution in [0.3, 0.4) is 0 Å². The molecule has 1 rings (SSSR count). The molecule has 0 aliphatic heterocycles. The SMILES string of the molecule is CCCN(C)c1cnn(CC(NCC)C(C)C)c(=O)c1. The van der Waals surface area contributed by atoms with E-state index in [4.69, 9.17) is 0 Å². The lowest BCUT2D eigenvalue weighted by Gasteiger charge is -2.23. The van der Waals surface area contributed by atoms with Crippen LogP contribution in [-0.4, -0.2) is 36.0 Å². The Hall–Kier alpha value is -1.36. The summed E-state index contributed by atoms with van der Waals surface area (Å²) in [6.45, 7) is 10.9. The highest BCUT2D eigenvalue weighted by atomic mass is 16.1. The first-order valence-electron chi connectivity index (χ1n) is 7.51. The van der Waals surface area contributed by atoms with Crippen molar-refractivity contribution in [3.8, 4) is 0 Å². The fourth-order valence-corrected chi connectivity index (χ4v) is 2.19. The highest BCUT2D eigenvalue weighted by Gasteiger charge is 2.14. The molecule has 5 nitrogen and oxygen atoms in total. The van der Waals surface area contributed by atoms with Crippen molar-refractivity contribution < 1.29 is 0 Å². The average Bonchev–Trinajstić information content (AvgIpc) is 2.40. The molecule has 1 atom stereocenters. The maximum absolute atomic E-state index is 12.2. The van der Waals surface area contributed by atoms with E-state index >= 15 is 0 Å². The molecule has 0 aliphatic carbocycles. The van der Waals surface area contributed by atoms with Gasteiger partial charge in [-0.1, -0.05) is 27.7 Å². The van der Waals surface area contributed by atoms with Gasteiger partial charge in [-0.25, -0.2) is 4.68 Å². The molecule has 0 aliphatic rings. The zero-order valence-corrected chi connectivity index (χ0v) is 13.4. The summed E-state index contributed by atoms with van der Waals surface area (Å²) in [5.41, 5.74) is 0.853. The number of nitrogens with one attached hydrogen (secondary N) is 1. The smallest absolute Gasteiger partial charge is 0.268 e. The maximum Gasteiger partial charge on any atom is 0.268 e. The van der Waals surface area contributed by atoms with E-state index in [9.17, 15) is 4.79 Å². The fraction of sp³-hybridized carbons (Fsp3) is 0.733. The predicted octanol–water partition coefficient (Wildman–Crippen LogP) is 1.72. The quantitative estimate of drug-likeness (QED) is 0.788. The number of likely N-dealkylation sites (N-methyl/N-ethyl adjacent to an activating group) is 1. The molecule has 1 unspecified atom stereocenters. The molecule has 0 saturated heterocycles. The average molecular weight is 280 g/mol. The Labute approximate surface area is 122 Å². The molecule has 1 aromatic rings. The Bertz CT molecular complexity index is 455. The van der Waals surface area contributed by atoms with E-state index in [2.05, 4.69) is 43.0 Å². The van der Waals surface area contributed by atoms with Crippen molar-refractivity contribution in [1.82, 2.24) is 15.1 Å². The van der Waals surface area contributed by atoms with Crippen LogP contribution >= 0.6 is 0 Å². The molecular formula is C15H28N4O. The fourth-order valence-electron chi connectivity index (χ4n) is 2.19. The van der Waals surface area contributed by atoms with E-state index in [1.54, 1.807) is 16.9 Å². The van der Waals surface area contributed by atoms with Crippen LogP contribution in [0.25, 0.3) is 0 Å². The van der Waals surface area contributed by atoms with Crippen LogP contribution in [0.15, 0.2) is 17.1 Å². The molecule has 0 fully saturated rings. The molecule has 0 saturated carbocycles. The van der Waals surface area contributed by atoms with E-state index in [1.165, 1.54) is 0 Å². The highest BCUT2D eigenvalue weighted by Crippen LogP contribution is 2.08. The Morgan fingerprint density at radius 1 is 1.40 bits per heavy atom. The second-order valence-corrected chi connectivity index (χ2v) is 5.56. The van der Waals surface area contributed by atoms with Gasteiger partial charge in [0.1, 0.15) is 0 Å². The summed E-state index contributed by atoms with van der Waals surface area (Å²) in [5, 5.41) is 7.71. The Morgan fingerprint density at radius 3 is 2.60 bits per heavy atom. The van der Waals surface area contributed by atoms with Gasteiger partial charge in [0.2, 0.25) is 0 Å². The lowest BCUT2D eigenvalue weighted by atomic mass is 10.0. The molecular weight excluding hydrogens is 252 g/mol. The van der Waals surface area contributed by atoms with E-state index in [1.807, 2.05) is 7.05 Å². The van der Waals surface area contributed by atoms with Crippen molar-refractivity contribution in [2.75, 3.05) is 25.0 Å². The number of hydrogen-bond acceptors (Lipinski definition) is 4. The van der Waals surface area contributed by atoms with E-state index < -0.39 is 0 Å². The van der Waals surface area contributed by atoms with Gasteiger partial charge in [0.25, 0.3) is 5.56 Å². The Morgan fingerprint density at radius 2 is 2.10 bits per heavy atom. The third kappa shape index (κ3) is 4.63. The van der Waals surface area contributed by atoms with Crippen LogP contribution in [0.5, 0.6) is 0 Å². The molecule has 5 heteroatoms. The zero-order valence-electron chi connectivity index (χ0n) is 13.4. The predicted molar refractivity (Wildman–Crippen MR) is 84.4 cm³/mol. The monoisotopic (exact) mass is 280 g/mol. The first-order valence-corrected chi connectivity index (χ1v) is 7.51.